The average molecular weight is 373 g/mol. The molecule has 0 bridgehead atoms. The molecule has 1 amide bonds. The highest BCUT2D eigenvalue weighted by Crippen LogP contribution is 2.40. The number of carbonyl (C=O) groups excluding carboxylic acids is 1. The monoisotopic (exact) mass is 373 g/mol. The van der Waals surface area contributed by atoms with Crippen molar-refractivity contribution in [2.45, 2.75) is 38.1 Å². The number of hydrogen-bond donors (Lipinski definition) is 2. The van der Waals surface area contributed by atoms with Crippen LogP contribution in [-0.4, -0.2) is 36.6 Å². The van der Waals surface area contributed by atoms with E-state index in [1.165, 1.54) is 12.4 Å². The van der Waals surface area contributed by atoms with E-state index in [0.29, 0.717) is 12.8 Å². The molecule has 2 N–H and O–H groups in total. The zero-order valence-electron chi connectivity index (χ0n) is 13.7. The molecule has 0 spiro atoms. The van der Waals surface area contributed by atoms with Crippen molar-refractivity contribution in [2.75, 3.05) is 13.6 Å². The van der Waals surface area contributed by atoms with Gasteiger partial charge in [0, 0.05) is 24.5 Å². The molecule has 136 valence electrons. The number of fused-ring (bicyclic) bond motifs is 1. The van der Waals surface area contributed by atoms with Gasteiger partial charge in [-0.3, -0.25) is 4.79 Å². The van der Waals surface area contributed by atoms with Gasteiger partial charge in [0.1, 0.15) is 6.10 Å². The zero-order chi connectivity index (χ0) is 18.2. The summed E-state index contributed by atoms with van der Waals surface area (Å²) in [4.78, 5) is 16.1. The summed E-state index contributed by atoms with van der Waals surface area (Å²) in [6.45, 7) is 2.73. The number of ether oxygens (including phenoxy) is 1. The highest BCUT2D eigenvalue weighted by molar-refractivity contribution is 7.17. The van der Waals surface area contributed by atoms with Gasteiger partial charge in [0.25, 0.3) is 5.91 Å². The number of pyridine rings is 1. The van der Waals surface area contributed by atoms with Crippen molar-refractivity contribution in [3.63, 3.8) is 0 Å². The van der Waals surface area contributed by atoms with Gasteiger partial charge in [-0.1, -0.05) is 0 Å². The van der Waals surface area contributed by atoms with E-state index in [1.54, 1.807) is 0 Å². The van der Waals surface area contributed by atoms with Crippen molar-refractivity contribution in [2.24, 2.45) is 0 Å². The summed E-state index contributed by atoms with van der Waals surface area (Å²) >= 11 is 0.857. The topological polar surface area (TPSA) is 63.2 Å². The van der Waals surface area contributed by atoms with Gasteiger partial charge in [-0.05, 0) is 26.3 Å². The Kier molecular flexibility index (Phi) is 4.88. The minimum absolute atomic E-state index is 0.0242. The minimum atomic E-state index is -4.55. The quantitative estimate of drug-likeness (QED) is 0.867. The van der Waals surface area contributed by atoms with E-state index in [4.69, 9.17) is 4.74 Å². The van der Waals surface area contributed by atoms with Crippen LogP contribution in [0, 0.1) is 0 Å². The molecule has 5 nitrogen and oxygen atoms in total. The molecule has 3 heterocycles. The molecular formula is C16H18F3N3O2S. The van der Waals surface area contributed by atoms with Gasteiger partial charge in [0.05, 0.1) is 21.3 Å². The third kappa shape index (κ3) is 3.72. The Labute approximate surface area is 146 Å². The first-order valence-corrected chi connectivity index (χ1v) is 8.79. The van der Waals surface area contributed by atoms with Crippen LogP contribution in [0.1, 0.15) is 35.7 Å². The van der Waals surface area contributed by atoms with Crippen LogP contribution in [0.2, 0.25) is 0 Å². The molecule has 1 aliphatic heterocycles. The van der Waals surface area contributed by atoms with Crippen molar-refractivity contribution in [3.8, 4) is 5.88 Å². The van der Waals surface area contributed by atoms with E-state index < -0.39 is 17.6 Å². The summed E-state index contributed by atoms with van der Waals surface area (Å²) < 4.78 is 46.0. The normalized spacial score (nSPS) is 21.3. The molecule has 0 saturated carbocycles. The maximum absolute atomic E-state index is 13.4. The minimum Gasteiger partial charge on any atom is -0.474 e. The molecule has 2 aromatic heterocycles. The van der Waals surface area contributed by atoms with Crippen LogP contribution in [0.3, 0.4) is 0 Å². The highest BCUT2D eigenvalue weighted by Gasteiger charge is 2.36. The molecule has 25 heavy (non-hydrogen) atoms. The van der Waals surface area contributed by atoms with Crippen molar-refractivity contribution in [1.82, 2.24) is 15.6 Å². The Morgan fingerprint density at radius 2 is 2.24 bits per heavy atom. The summed E-state index contributed by atoms with van der Waals surface area (Å²) in [6.07, 6.45) is -3.38. The maximum atomic E-state index is 13.4. The Morgan fingerprint density at radius 1 is 1.48 bits per heavy atom. The predicted octanol–water partition coefficient (Wildman–Crippen LogP) is 3.19. The fourth-order valence-electron chi connectivity index (χ4n) is 2.92. The summed E-state index contributed by atoms with van der Waals surface area (Å²) in [5.74, 6) is -0.568. The lowest BCUT2D eigenvalue weighted by molar-refractivity contribution is -0.136. The predicted molar refractivity (Wildman–Crippen MR) is 89.1 cm³/mol. The molecule has 2 aromatic rings. The molecule has 0 aliphatic carbocycles. The number of alkyl halides is 3. The molecule has 0 unspecified atom stereocenters. The smallest absolute Gasteiger partial charge is 0.418 e. The number of thiophene rings is 1. The average Bonchev–Trinajstić information content (AvgIpc) is 2.96. The van der Waals surface area contributed by atoms with E-state index in [0.717, 1.165) is 23.9 Å². The number of hydrogen-bond acceptors (Lipinski definition) is 5. The number of carbonyl (C=O) groups is 1. The second-order valence-corrected chi connectivity index (χ2v) is 6.91. The van der Waals surface area contributed by atoms with Gasteiger partial charge in [0.2, 0.25) is 5.88 Å². The largest absolute Gasteiger partial charge is 0.474 e. The van der Waals surface area contributed by atoms with Gasteiger partial charge in [0.15, 0.2) is 0 Å². The number of amides is 1. The van der Waals surface area contributed by atoms with E-state index >= 15 is 0 Å². The molecule has 0 aromatic carbocycles. The van der Waals surface area contributed by atoms with Crippen LogP contribution in [-0.2, 0) is 6.18 Å². The molecule has 0 radical (unpaired) electrons. The molecule has 1 saturated heterocycles. The SMILES string of the molecule is CNC(=O)c1csc2c(C(F)(F)F)cc(O[C@@H]3CCN[C@@H](C)C3)nc12. The van der Waals surface area contributed by atoms with Gasteiger partial charge >= 0.3 is 6.18 Å². The maximum Gasteiger partial charge on any atom is 0.418 e. The molecular weight excluding hydrogens is 355 g/mol. The first-order valence-electron chi connectivity index (χ1n) is 7.91. The van der Waals surface area contributed by atoms with Gasteiger partial charge in [-0.25, -0.2) is 4.98 Å². The van der Waals surface area contributed by atoms with Crippen LogP contribution in [0.4, 0.5) is 13.2 Å². The molecule has 1 aliphatic rings. The molecule has 1 fully saturated rings. The second-order valence-electron chi connectivity index (χ2n) is 6.03. The van der Waals surface area contributed by atoms with Gasteiger partial charge in [-0.15, -0.1) is 11.3 Å². The van der Waals surface area contributed by atoms with Crippen LogP contribution in [0.15, 0.2) is 11.4 Å². The van der Waals surface area contributed by atoms with E-state index in [9.17, 15) is 18.0 Å². The first-order chi connectivity index (χ1) is 11.8. The number of halogens is 3. The number of nitrogens with zero attached hydrogens (tertiary/aromatic N) is 1. The fraction of sp³-hybridized carbons (Fsp3) is 0.500. The Hall–Kier alpha value is -1.87. The van der Waals surface area contributed by atoms with Crippen molar-refractivity contribution >= 4 is 27.5 Å². The third-order valence-electron chi connectivity index (χ3n) is 4.14. The molecule has 9 heteroatoms. The summed E-state index contributed by atoms with van der Waals surface area (Å²) in [6, 6.07) is 1.16. The summed E-state index contributed by atoms with van der Waals surface area (Å²) in [5.41, 5.74) is -0.678. The first kappa shape index (κ1) is 17.9. The Morgan fingerprint density at radius 3 is 2.88 bits per heavy atom. The number of piperidine rings is 1. The number of aromatic nitrogens is 1. The number of rotatable bonds is 3. The summed E-state index contributed by atoms with van der Waals surface area (Å²) in [7, 11) is 1.42. The zero-order valence-corrected chi connectivity index (χ0v) is 14.6. The lowest BCUT2D eigenvalue weighted by atomic mass is 10.0. The number of nitrogens with one attached hydrogen (secondary N) is 2. The van der Waals surface area contributed by atoms with E-state index in [-0.39, 0.29) is 33.8 Å². The van der Waals surface area contributed by atoms with Crippen LogP contribution < -0.4 is 15.4 Å². The standard InChI is InChI=1S/C16H18F3N3O2S/c1-8-5-9(3-4-21-8)24-12-6-11(16(17,18)19)14-13(22-12)10(7-25-14)15(23)20-2/h6-9,21H,3-5H2,1-2H3,(H,20,23)/t8-,9+/m0/s1. The lowest BCUT2D eigenvalue weighted by Crippen LogP contribution is -2.40. The van der Waals surface area contributed by atoms with Crippen LogP contribution >= 0.6 is 11.3 Å². The van der Waals surface area contributed by atoms with Crippen LogP contribution in [0.5, 0.6) is 5.88 Å². The van der Waals surface area contributed by atoms with Crippen molar-refractivity contribution in [1.29, 1.82) is 0 Å². The Bertz CT molecular complexity index is 791. The second kappa shape index (κ2) is 6.80. The molecule has 3 rings (SSSR count). The van der Waals surface area contributed by atoms with E-state index in [1.807, 2.05) is 6.92 Å². The van der Waals surface area contributed by atoms with Crippen LogP contribution in [0.25, 0.3) is 10.2 Å². The lowest BCUT2D eigenvalue weighted by Gasteiger charge is -2.28. The molecule has 2 atom stereocenters. The van der Waals surface area contributed by atoms with E-state index in [2.05, 4.69) is 15.6 Å². The van der Waals surface area contributed by atoms with Gasteiger partial charge < -0.3 is 15.4 Å². The van der Waals surface area contributed by atoms with Gasteiger partial charge in [-0.2, -0.15) is 13.2 Å². The fourth-order valence-corrected chi connectivity index (χ4v) is 3.94. The van der Waals surface area contributed by atoms with Crippen molar-refractivity contribution < 1.29 is 22.7 Å². The third-order valence-corrected chi connectivity index (χ3v) is 5.14. The summed E-state index contributed by atoms with van der Waals surface area (Å²) in [5, 5.41) is 7.07. The highest BCUT2D eigenvalue weighted by atomic mass is 32.1. The van der Waals surface area contributed by atoms with Crippen molar-refractivity contribution in [3.05, 3.63) is 22.6 Å². The Balaban J connectivity index is 2.04.